The summed E-state index contributed by atoms with van der Waals surface area (Å²) in [7, 11) is 0. The van der Waals surface area contributed by atoms with Gasteiger partial charge in [0.25, 0.3) is 0 Å². The van der Waals surface area contributed by atoms with Crippen LogP contribution in [0.25, 0.3) is 0 Å². The summed E-state index contributed by atoms with van der Waals surface area (Å²) in [6.07, 6.45) is 0. The molecule has 0 saturated heterocycles. The Bertz CT molecular complexity index is 547. The highest BCUT2D eigenvalue weighted by Gasteiger charge is 2.17. The predicted octanol–water partition coefficient (Wildman–Crippen LogP) is 2.90. The van der Waals surface area contributed by atoms with E-state index in [4.69, 9.17) is 0 Å². The summed E-state index contributed by atoms with van der Waals surface area (Å²) in [6.45, 7) is 14.0. The minimum Gasteiger partial charge on any atom is -0.357 e. The molecule has 1 aromatic rings. The summed E-state index contributed by atoms with van der Waals surface area (Å²) in [5.74, 6) is 1.48. The molecule has 1 rings (SSSR count). The number of nitrogens with one attached hydrogen (secondary N) is 3. The summed E-state index contributed by atoms with van der Waals surface area (Å²) < 4.78 is 0. The minimum atomic E-state index is -0.242. The number of guanidine groups is 1. The number of carbonyl (C=O) groups excluding carboxylic acids is 1. The molecule has 1 aromatic carbocycles. The number of nitrogens with zero attached hydrogens (tertiary/aromatic N) is 1. The minimum absolute atomic E-state index is 0.0758. The Labute approximate surface area is 152 Å². The number of hydrogen-bond acceptors (Lipinski definition) is 2. The van der Waals surface area contributed by atoms with Gasteiger partial charge in [-0.15, -0.1) is 0 Å². The Hall–Kier alpha value is -2.04. The number of amides is 1. The Balaban J connectivity index is 2.69. The zero-order valence-electron chi connectivity index (χ0n) is 16.5. The highest BCUT2D eigenvalue weighted by atomic mass is 16.2. The van der Waals surface area contributed by atoms with Crippen molar-refractivity contribution in [3.8, 4) is 0 Å². The van der Waals surface area contributed by atoms with E-state index >= 15 is 0 Å². The molecule has 0 aliphatic rings. The number of rotatable bonds is 7. The van der Waals surface area contributed by atoms with Gasteiger partial charge in [-0.1, -0.05) is 44.2 Å². The molecular formula is C20H34N4O. The molecule has 0 radical (unpaired) electrons. The number of hydrogen-bond donors (Lipinski definition) is 3. The lowest BCUT2D eigenvalue weighted by Gasteiger charge is -2.23. The van der Waals surface area contributed by atoms with Crippen molar-refractivity contribution in [2.45, 2.75) is 53.0 Å². The molecular weight excluding hydrogens is 312 g/mol. The van der Waals surface area contributed by atoms with E-state index in [1.165, 1.54) is 5.56 Å². The van der Waals surface area contributed by atoms with Crippen molar-refractivity contribution in [1.29, 1.82) is 0 Å². The molecule has 0 aliphatic carbocycles. The van der Waals surface area contributed by atoms with Crippen LogP contribution in [0.1, 0.15) is 53.0 Å². The fourth-order valence-corrected chi connectivity index (χ4v) is 2.60. The molecule has 0 bridgehead atoms. The maximum Gasteiger partial charge on any atom is 0.242 e. The maximum absolute atomic E-state index is 12.0. The summed E-state index contributed by atoms with van der Waals surface area (Å²) in [4.78, 5) is 16.4. The van der Waals surface area contributed by atoms with Crippen LogP contribution in [0.15, 0.2) is 35.3 Å². The lowest BCUT2D eigenvalue weighted by atomic mass is 9.88. The van der Waals surface area contributed by atoms with E-state index < -0.39 is 0 Å². The van der Waals surface area contributed by atoms with E-state index in [-0.39, 0.29) is 18.0 Å². The second-order valence-electron chi connectivity index (χ2n) is 7.64. The molecule has 0 saturated carbocycles. The highest BCUT2D eigenvalue weighted by Crippen LogP contribution is 2.23. The normalized spacial score (nSPS) is 13.5. The van der Waals surface area contributed by atoms with Crippen LogP contribution in [0.3, 0.4) is 0 Å². The molecule has 1 unspecified atom stereocenters. The summed E-state index contributed by atoms with van der Waals surface area (Å²) >= 11 is 0. The molecule has 1 atom stereocenters. The van der Waals surface area contributed by atoms with Gasteiger partial charge in [0.05, 0.1) is 0 Å². The second-order valence-corrected chi connectivity index (χ2v) is 7.64. The molecule has 0 heterocycles. The average molecular weight is 347 g/mol. The van der Waals surface area contributed by atoms with Gasteiger partial charge >= 0.3 is 0 Å². The fourth-order valence-electron chi connectivity index (χ4n) is 2.60. The van der Waals surface area contributed by atoms with E-state index in [1.54, 1.807) is 0 Å². The van der Waals surface area contributed by atoms with Crippen LogP contribution < -0.4 is 16.0 Å². The van der Waals surface area contributed by atoms with Crippen molar-refractivity contribution >= 4 is 11.9 Å². The number of carbonyl (C=O) groups is 1. The molecule has 5 heteroatoms. The number of aliphatic imine (C=N–C) groups is 1. The first-order valence-corrected chi connectivity index (χ1v) is 9.11. The zero-order valence-corrected chi connectivity index (χ0v) is 16.5. The zero-order chi connectivity index (χ0) is 18.9. The van der Waals surface area contributed by atoms with Gasteiger partial charge in [-0.2, -0.15) is 0 Å². The third-order valence-electron chi connectivity index (χ3n) is 3.76. The molecule has 0 spiro atoms. The van der Waals surface area contributed by atoms with Crippen LogP contribution in [0.4, 0.5) is 0 Å². The van der Waals surface area contributed by atoms with Crippen LogP contribution in [-0.4, -0.2) is 37.0 Å². The standard InChI is InChI=1S/C20H34N4O/c1-7-21-19(23-14-18(25)24-20(4,5)6)22-13-17(15(2)3)16-11-9-8-10-12-16/h8-12,15,17H,7,13-14H2,1-6H3,(H,24,25)(H2,21,22,23). The second kappa shape index (κ2) is 10.1. The number of benzene rings is 1. The third kappa shape index (κ3) is 8.57. The molecule has 0 aliphatic heterocycles. The van der Waals surface area contributed by atoms with Gasteiger partial charge in [0, 0.05) is 24.5 Å². The third-order valence-corrected chi connectivity index (χ3v) is 3.76. The Morgan fingerprint density at radius 3 is 2.28 bits per heavy atom. The van der Waals surface area contributed by atoms with Gasteiger partial charge in [0.1, 0.15) is 6.54 Å². The molecule has 25 heavy (non-hydrogen) atoms. The molecule has 0 aromatic heterocycles. The van der Waals surface area contributed by atoms with Crippen molar-refractivity contribution < 1.29 is 4.79 Å². The van der Waals surface area contributed by atoms with Gasteiger partial charge in [-0.3, -0.25) is 4.79 Å². The van der Waals surface area contributed by atoms with Gasteiger partial charge in [0.2, 0.25) is 5.91 Å². The molecule has 140 valence electrons. The maximum atomic E-state index is 12.0. The smallest absolute Gasteiger partial charge is 0.242 e. The van der Waals surface area contributed by atoms with E-state index in [0.717, 1.165) is 13.1 Å². The molecule has 5 nitrogen and oxygen atoms in total. The van der Waals surface area contributed by atoms with Crippen molar-refractivity contribution in [2.75, 3.05) is 19.6 Å². The van der Waals surface area contributed by atoms with E-state index in [0.29, 0.717) is 17.8 Å². The molecule has 1 amide bonds. The molecule has 0 fully saturated rings. The van der Waals surface area contributed by atoms with Gasteiger partial charge < -0.3 is 16.0 Å². The lowest BCUT2D eigenvalue weighted by Crippen LogP contribution is -2.44. The fraction of sp³-hybridized carbons (Fsp3) is 0.600. The Morgan fingerprint density at radius 1 is 1.12 bits per heavy atom. The molecule has 3 N–H and O–H groups in total. The van der Waals surface area contributed by atoms with Crippen LogP contribution in [0.5, 0.6) is 0 Å². The van der Waals surface area contributed by atoms with Crippen LogP contribution in [0, 0.1) is 5.92 Å². The highest BCUT2D eigenvalue weighted by molar-refractivity contribution is 5.85. The topological polar surface area (TPSA) is 65.5 Å². The van der Waals surface area contributed by atoms with E-state index in [1.807, 2.05) is 33.8 Å². The SMILES string of the molecule is CCNC(=NCC(=O)NC(C)(C)C)NCC(c1ccccc1)C(C)C. The van der Waals surface area contributed by atoms with Crippen molar-refractivity contribution in [3.63, 3.8) is 0 Å². The first-order valence-electron chi connectivity index (χ1n) is 9.11. The Kier molecular flexibility index (Phi) is 8.46. The van der Waals surface area contributed by atoms with Crippen LogP contribution in [0.2, 0.25) is 0 Å². The average Bonchev–Trinajstić information content (AvgIpc) is 2.51. The van der Waals surface area contributed by atoms with Crippen LogP contribution in [-0.2, 0) is 4.79 Å². The monoisotopic (exact) mass is 346 g/mol. The summed E-state index contributed by atoms with van der Waals surface area (Å²) in [6, 6.07) is 10.5. The van der Waals surface area contributed by atoms with Gasteiger partial charge in [0.15, 0.2) is 5.96 Å². The first-order chi connectivity index (χ1) is 11.7. The summed E-state index contributed by atoms with van der Waals surface area (Å²) in [5.41, 5.74) is 1.07. The van der Waals surface area contributed by atoms with Crippen molar-refractivity contribution in [2.24, 2.45) is 10.9 Å². The lowest BCUT2D eigenvalue weighted by molar-refractivity contribution is -0.121. The van der Waals surface area contributed by atoms with Crippen LogP contribution >= 0.6 is 0 Å². The quantitative estimate of drug-likeness (QED) is 0.525. The predicted molar refractivity (Wildman–Crippen MR) is 106 cm³/mol. The largest absolute Gasteiger partial charge is 0.357 e. The van der Waals surface area contributed by atoms with Gasteiger partial charge in [-0.25, -0.2) is 4.99 Å². The van der Waals surface area contributed by atoms with Crippen molar-refractivity contribution in [1.82, 2.24) is 16.0 Å². The first kappa shape index (κ1) is 21.0. The van der Waals surface area contributed by atoms with Gasteiger partial charge in [-0.05, 0) is 39.2 Å². The van der Waals surface area contributed by atoms with Crippen molar-refractivity contribution in [3.05, 3.63) is 35.9 Å². The summed E-state index contributed by atoms with van der Waals surface area (Å²) in [5, 5.41) is 9.51. The Morgan fingerprint density at radius 2 is 1.76 bits per heavy atom. The van der Waals surface area contributed by atoms with E-state index in [9.17, 15) is 4.79 Å². The van der Waals surface area contributed by atoms with E-state index in [2.05, 4.69) is 59.1 Å².